The Bertz CT molecular complexity index is 3480. The minimum absolute atomic E-state index is 0.0661. The fraction of sp³-hybridized carbons (Fsp3) is 0.267. The Balaban J connectivity index is 0.000000152. The summed E-state index contributed by atoms with van der Waals surface area (Å²) in [6, 6.07) is 43.5. The van der Waals surface area contributed by atoms with Gasteiger partial charge in [-0.3, -0.25) is 19.2 Å². The summed E-state index contributed by atoms with van der Waals surface area (Å²) in [5, 5.41) is 27.1. The Labute approximate surface area is 465 Å². The predicted octanol–water partition coefficient (Wildman–Crippen LogP) is 9.04. The number of halogens is 3. The van der Waals surface area contributed by atoms with Gasteiger partial charge in [0.1, 0.15) is 11.6 Å². The molecule has 2 atom stereocenters. The van der Waals surface area contributed by atoms with Crippen molar-refractivity contribution in [2.75, 3.05) is 52.4 Å². The molecule has 0 unspecified atom stereocenters. The van der Waals surface area contributed by atoms with Crippen molar-refractivity contribution in [2.45, 2.75) is 50.9 Å². The van der Waals surface area contributed by atoms with Gasteiger partial charge in [0.25, 0.3) is 23.6 Å². The molecule has 4 fully saturated rings. The number of hydrogen-bond donors (Lipinski definition) is 4. The van der Waals surface area contributed by atoms with E-state index in [0.717, 1.165) is 95.3 Å². The number of nitrogens with zero attached hydrogens (tertiary/aromatic N) is 4. The third-order valence-electron chi connectivity index (χ3n) is 14.8. The first kappa shape index (κ1) is 54.5. The van der Waals surface area contributed by atoms with Crippen LogP contribution >= 0.6 is 34.3 Å². The van der Waals surface area contributed by atoms with Crippen LogP contribution in [0.5, 0.6) is 0 Å². The quantitative estimate of drug-likeness (QED) is 0.0994. The summed E-state index contributed by atoms with van der Waals surface area (Å²) in [6.45, 7) is 9.67. The normalized spacial score (nSPS) is 17.3. The maximum Gasteiger partial charge on any atom is 0.488 e. The molecule has 0 aliphatic carbocycles. The molecule has 6 aromatic carbocycles. The molecule has 78 heavy (non-hydrogen) atoms. The highest BCUT2D eigenvalue weighted by Gasteiger charge is 2.38. The van der Waals surface area contributed by atoms with Crippen LogP contribution in [0.3, 0.4) is 0 Å². The van der Waals surface area contributed by atoms with Crippen LogP contribution in [-0.2, 0) is 0 Å². The molecule has 12 nitrogen and oxygen atoms in total. The lowest BCUT2D eigenvalue weighted by Crippen LogP contribution is -2.62. The van der Waals surface area contributed by atoms with Crippen molar-refractivity contribution in [1.82, 2.24) is 30.2 Å². The summed E-state index contributed by atoms with van der Waals surface area (Å²) in [4.78, 5) is 60.8. The van der Waals surface area contributed by atoms with E-state index in [1.165, 1.54) is 53.0 Å². The lowest BCUT2D eigenvalue weighted by molar-refractivity contribution is 0.0550. The number of nitrogens with one attached hydrogen (secondary N) is 2. The lowest BCUT2D eigenvalue weighted by Gasteiger charge is -2.41. The number of aryl methyl sites for hydroxylation is 2. The van der Waals surface area contributed by atoms with Crippen molar-refractivity contribution in [2.24, 2.45) is 0 Å². The van der Waals surface area contributed by atoms with E-state index in [9.17, 15) is 28.0 Å². The van der Waals surface area contributed by atoms with E-state index in [-0.39, 0.29) is 59.1 Å². The number of carbonyl (C=O) groups excluding carboxylic acids is 4. The van der Waals surface area contributed by atoms with Crippen molar-refractivity contribution >= 4 is 90.7 Å². The smallest absolute Gasteiger partial charge is 0.423 e. The first-order valence-corrected chi connectivity index (χ1v) is 28.1. The maximum absolute atomic E-state index is 13.7. The van der Waals surface area contributed by atoms with Crippen molar-refractivity contribution < 1.29 is 38.0 Å². The van der Waals surface area contributed by atoms with E-state index in [1.54, 1.807) is 6.07 Å². The maximum atomic E-state index is 13.7. The average Bonchev–Trinajstić information content (AvgIpc) is 4.28. The molecule has 18 heteroatoms. The van der Waals surface area contributed by atoms with Gasteiger partial charge >= 0.3 is 7.12 Å². The Kier molecular flexibility index (Phi) is 16.8. The number of thiophene rings is 2. The highest BCUT2D eigenvalue weighted by molar-refractivity contribution is 7.21. The standard InChI is InChI=1S/C30H28FN3O2S.C24H24ClN3O2S.C6H6BFO2/c1-19-26-15-22(21-8-5-9-23(31)14-21)10-11-27(26)37-28(19)30(36)34-17-25(18-34)32-24-12-13-33(16-24)29(35)20-6-3-2-4-7-20;1-15-20-11-17(25)7-8-21(20)31-22(15)24(30)28-13-19(14-28)26-18-9-10-27(12-18)23(29)16-5-3-2-4-6-16;8-6-3-1-2-5(4-6)7(9)10/h2-11,14-15,24-25,32H,12-13,16-18H2,1H3;2-8,11,18-19,26H,9-10,12-14H2,1H3;1-4,9-10H/t24-;18-;/m00./s1. The Morgan fingerprint density at radius 1 is 0.513 bits per heavy atom. The van der Waals surface area contributed by atoms with Gasteiger partial charge in [-0.05, 0) is 144 Å². The van der Waals surface area contributed by atoms with Gasteiger partial charge in [-0.15, -0.1) is 22.7 Å². The van der Waals surface area contributed by atoms with Gasteiger partial charge in [-0.2, -0.15) is 0 Å². The Hall–Kier alpha value is -6.83. The minimum atomic E-state index is -1.59. The molecule has 4 aliphatic heterocycles. The summed E-state index contributed by atoms with van der Waals surface area (Å²) in [5.41, 5.74) is 5.39. The van der Waals surface area contributed by atoms with Gasteiger partial charge in [-0.25, -0.2) is 8.78 Å². The fourth-order valence-electron chi connectivity index (χ4n) is 10.5. The average molecular weight is 1110 g/mol. The summed E-state index contributed by atoms with van der Waals surface area (Å²) < 4.78 is 28.2. The molecule has 0 spiro atoms. The van der Waals surface area contributed by atoms with Crippen LogP contribution in [0, 0.1) is 25.5 Å². The van der Waals surface area contributed by atoms with Gasteiger partial charge in [0.2, 0.25) is 0 Å². The second-order valence-corrected chi connectivity index (χ2v) is 22.8. The summed E-state index contributed by atoms with van der Waals surface area (Å²) in [7, 11) is -1.59. The first-order valence-electron chi connectivity index (χ1n) is 26.0. The molecule has 6 heterocycles. The van der Waals surface area contributed by atoms with Crippen LogP contribution in [0.4, 0.5) is 8.78 Å². The van der Waals surface area contributed by atoms with Crippen molar-refractivity contribution in [3.05, 3.63) is 194 Å². The molecule has 4 amide bonds. The summed E-state index contributed by atoms with van der Waals surface area (Å²) in [6.07, 6.45) is 1.87. The molecule has 400 valence electrons. The van der Waals surface area contributed by atoms with E-state index >= 15 is 0 Å². The summed E-state index contributed by atoms with van der Waals surface area (Å²) in [5.74, 6) is -0.390. The van der Waals surface area contributed by atoms with Crippen LogP contribution in [0.1, 0.15) is 64.0 Å². The third-order valence-corrected chi connectivity index (χ3v) is 17.6. The van der Waals surface area contributed by atoms with E-state index in [2.05, 4.69) is 16.7 Å². The monoisotopic (exact) mass is 1110 g/mol. The second kappa shape index (κ2) is 24.0. The van der Waals surface area contributed by atoms with Crippen LogP contribution in [0.25, 0.3) is 31.3 Å². The Morgan fingerprint density at radius 2 is 0.962 bits per heavy atom. The molecule has 4 saturated heterocycles. The van der Waals surface area contributed by atoms with E-state index in [4.69, 9.17) is 21.6 Å². The molecule has 0 saturated carbocycles. The number of likely N-dealkylation sites (tertiary alicyclic amines) is 4. The largest absolute Gasteiger partial charge is 0.488 e. The van der Waals surface area contributed by atoms with Gasteiger partial charge < -0.3 is 40.3 Å². The fourth-order valence-corrected chi connectivity index (χ4v) is 13.0. The Morgan fingerprint density at radius 3 is 1.44 bits per heavy atom. The molecule has 8 aromatic rings. The lowest BCUT2D eigenvalue weighted by atomic mass is 9.80. The number of benzene rings is 6. The SMILES string of the molecule is Cc1c(C(=O)N2CC(N[C@H]3CCN(C(=O)c4ccccc4)C3)C2)sc2ccc(-c3cccc(F)c3)cc12.Cc1c(C(=O)N2CC(N[C@H]3CCN(C(=O)c4ccccc4)C3)C2)sc2ccc(Cl)cc12.OB(O)c1cccc(F)c1. The van der Waals surface area contributed by atoms with E-state index in [1.807, 2.05) is 131 Å². The number of rotatable bonds is 10. The molecular formula is C60H58BClF2N6O6S2. The molecular weight excluding hydrogens is 1050 g/mol. The molecule has 0 radical (unpaired) electrons. The number of fused-ring (bicyclic) bond motifs is 2. The van der Waals surface area contributed by atoms with Gasteiger partial charge in [0.05, 0.1) is 9.75 Å². The second-order valence-electron chi connectivity index (χ2n) is 20.3. The zero-order valence-electron chi connectivity index (χ0n) is 43.1. The predicted molar refractivity (Wildman–Crippen MR) is 307 cm³/mol. The molecule has 0 bridgehead atoms. The van der Waals surface area contributed by atoms with Gasteiger partial charge in [0.15, 0.2) is 0 Å². The van der Waals surface area contributed by atoms with Crippen molar-refractivity contribution in [3.8, 4) is 11.1 Å². The van der Waals surface area contributed by atoms with Gasteiger partial charge in [-0.1, -0.05) is 78.3 Å². The van der Waals surface area contributed by atoms with Crippen molar-refractivity contribution in [1.29, 1.82) is 0 Å². The highest BCUT2D eigenvalue weighted by atomic mass is 35.5. The van der Waals surface area contributed by atoms with Crippen LogP contribution in [0.2, 0.25) is 5.02 Å². The van der Waals surface area contributed by atoms with Crippen LogP contribution in [-0.4, -0.2) is 137 Å². The minimum Gasteiger partial charge on any atom is -0.423 e. The number of hydrogen-bond acceptors (Lipinski definition) is 10. The van der Waals surface area contributed by atoms with Crippen LogP contribution < -0.4 is 16.1 Å². The van der Waals surface area contributed by atoms with Crippen LogP contribution in [0.15, 0.2) is 146 Å². The highest BCUT2D eigenvalue weighted by Crippen LogP contribution is 2.37. The molecule has 4 N–H and O–H groups in total. The zero-order valence-corrected chi connectivity index (χ0v) is 45.5. The number of amides is 4. The van der Waals surface area contributed by atoms with Gasteiger partial charge in [0, 0.05) is 102 Å². The summed E-state index contributed by atoms with van der Waals surface area (Å²) >= 11 is 9.18. The van der Waals surface area contributed by atoms with E-state index in [0.29, 0.717) is 44.3 Å². The molecule has 2 aromatic heterocycles. The topological polar surface area (TPSA) is 146 Å². The molecule has 12 rings (SSSR count). The molecule has 4 aliphatic rings. The van der Waals surface area contributed by atoms with Crippen molar-refractivity contribution in [3.63, 3.8) is 0 Å². The number of carbonyl (C=O) groups is 4. The zero-order chi connectivity index (χ0) is 54.6. The van der Waals surface area contributed by atoms with E-state index < -0.39 is 12.9 Å². The third kappa shape index (κ3) is 12.4. The first-order chi connectivity index (χ1) is 37.6.